The molecule has 1 fully saturated rings. The molecule has 0 bridgehead atoms. The smallest absolute Gasteiger partial charge is 0.247 e. The Morgan fingerprint density at radius 3 is 2.61 bits per heavy atom. The first-order valence-electron chi connectivity index (χ1n) is 14.4. The van der Waals surface area contributed by atoms with Crippen molar-refractivity contribution < 1.29 is 34.1 Å². The number of rotatable bonds is 11. The van der Waals surface area contributed by atoms with Gasteiger partial charge in [0, 0.05) is 36.2 Å². The average molecular weight is 563 g/mol. The number of carbonyl (C=O) groups excluding carboxylic acids is 3. The second-order valence-electron chi connectivity index (χ2n) is 11.1. The van der Waals surface area contributed by atoms with Crippen LogP contribution in [0.3, 0.4) is 0 Å². The minimum atomic E-state index is -1.16. The highest BCUT2D eigenvalue weighted by Gasteiger charge is 2.51. The fourth-order valence-electron chi connectivity index (χ4n) is 6.47. The third kappa shape index (κ3) is 6.01. The van der Waals surface area contributed by atoms with Crippen LogP contribution in [-0.4, -0.2) is 71.7 Å². The SMILES string of the molecule is COc1cc(C=O)cc2c1O[C@@H]1[C@@H](O)[C@H](N(Cc3ccccc3)C(=O)CCC3CCCC3)C=C(C(=O)NCCO)[C@H]21. The first-order valence-corrected chi connectivity index (χ1v) is 14.4. The van der Waals surface area contributed by atoms with Crippen LogP contribution >= 0.6 is 0 Å². The van der Waals surface area contributed by atoms with Crippen LogP contribution in [0.2, 0.25) is 0 Å². The van der Waals surface area contributed by atoms with E-state index in [1.807, 2.05) is 30.3 Å². The lowest BCUT2D eigenvalue weighted by Crippen LogP contribution is -2.55. The lowest BCUT2D eigenvalue weighted by Gasteiger charge is -2.41. The van der Waals surface area contributed by atoms with Gasteiger partial charge in [-0.2, -0.15) is 0 Å². The van der Waals surface area contributed by atoms with Gasteiger partial charge in [-0.1, -0.05) is 56.0 Å². The van der Waals surface area contributed by atoms with Crippen LogP contribution in [0.1, 0.15) is 65.9 Å². The van der Waals surface area contributed by atoms with Crippen LogP contribution in [0.4, 0.5) is 0 Å². The monoisotopic (exact) mass is 562 g/mol. The highest BCUT2D eigenvalue weighted by molar-refractivity contribution is 5.96. The Morgan fingerprint density at radius 1 is 1.17 bits per heavy atom. The summed E-state index contributed by atoms with van der Waals surface area (Å²) in [6, 6.07) is 11.9. The molecule has 2 aromatic carbocycles. The highest BCUT2D eigenvalue weighted by atomic mass is 16.5. The summed E-state index contributed by atoms with van der Waals surface area (Å²) in [7, 11) is 1.46. The number of hydrogen-bond acceptors (Lipinski definition) is 7. The topological polar surface area (TPSA) is 125 Å². The largest absolute Gasteiger partial charge is 0.493 e. The van der Waals surface area contributed by atoms with Crippen LogP contribution in [0.15, 0.2) is 54.1 Å². The van der Waals surface area contributed by atoms with Crippen molar-refractivity contribution in [1.29, 1.82) is 0 Å². The fourth-order valence-corrected chi connectivity index (χ4v) is 6.47. The Kier molecular flexibility index (Phi) is 9.05. The Morgan fingerprint density at radius 2 is 1.93 bits per heavy atom. The third-order valence-electron chi connectivity index (χ3n) is 8.53. The molecule has 0 radical (unpaired) electrons. The number of aldehydes is 1. The molecule has 9 nitrogen and oxygen atoms in total. The molecule has 0 unspecified atom stereocenters. The second kappa shape index (κ2) is 12.9. The number of benzene rings is 2. The molecule has 1 aliphatic heterocycles. The molecule has 5 rings (SSSR count). The van der Waals surface area contributed by atoms with Crippen LogP contribution in [0, 0.1) is 5.92 Å². The van der Waals surface area contributed by atoms with Crippen molar-refractivity contribution in [2.24, 2.45) is 5.92 Å². The molecule has 4 atom stereocenters. The standard InChI is InChI=1S/C32H38N2O7/c1-40-26-16-22(19-36)15-23-28-24(32(39)33-13-14-35)17-25(29(38)31(28)41-30(23)26)34(18-21-9-3-2-4-10-21)27(37)12-11-20-7-5-6-8-20/h2-4,9-10,15-17,19-20,25,28-29,31,35,38H,5-8,11-14,18H2,1H3,(H,33,39)/t25-,28+,29+,31+/m1/s1. The second-order valence-corrected chi connectivity index (χ2v) is 11.1. The molecule has 1 heterocycles. The summed E-state index contributed by atoms with van der Waals surface area (Å²) >= 11 is 0. The molecule has 9 heteroatoms. The summed E-state index contributed by atoms with van der Waals surface area (Å²) in [5, 5.41) is 23.9. The molecule has 218 valence electrons. The molecule has 0 spiro atoms. The van der Waals surface area contributed by atoms with Gasteiger partial charge in [-0.15, -0.1) is 0 Å². The Labute approximate surface area is 240 Å². The molecule has 2 amide bonds. The predicted molar refractivity (Wildman–Crippen MR) is 152 cm³/mol. The van der Waals surface area contributed by atoms with E-state index in [1.165, 1.54) is 20.0 Å². The van der Waals surface area contributed by atoms with Gasteiger partial charge in [-0.05, 0) is 36.1 Å². The lowest BCUT2D eigenvalue weighted by molar-refractivity contribution is -0.138. The van der Waals surface area contributed by atoms with Gasteiger partial charge < -0.3 is 29.9 Å². The maximum absolute atomic E-state index is 13.8. The van der Waals surface area contributed by atoms with E-state index in [1.54, 1.807) is 23.1 Å². The molecule has 2 aliphatic carbocycles. The molecule has 3 aliphatic rings. The quantitative estimate of drug-likeness (QED) is 0.360. The van der Waals surface area contributed by atoms with Crippen LogP contribution < -0.4 is 14.8 Å². The van der Waals surface area contributed by atoms with Crippen molar-refractivity contribution in [2.75, 3.05) is 20.3 Å². The van der Waals surface area contributed by atoms with E-state index >= 15 is 0 Å². The van der Waals surface area contributed by atoms with E-state index in [0.29, 0.717) is 46.8 Å². The maximum atomic E-state index is 13.8. The molecular formula is C32H38N2O7. The van der Waals surface area contributed by atoms with Gasteiger partial charge in [0.25, 0.3) is 0 Å². The molecule has 3 N–H and O–H groups in total. The number of carbonyl (C=O) groups is 3. The number of aliphatic hydroxyl groups excluding tert-OH is 2. The minimum absolute atomic E-state index is 0.0419. The summed E-state index contributed by atoms with van der Waals surface area (Å²) < 4.78 is 11.8. The van der Waals surface area contributed by atoms with E-state index in [0.717, 1.165) is 24.8 Å². The van der Waals surface area contributed by atoms with Gasteiger partial charge in [0.05, 0.1) is 25.7 Å². The number of nitrogens with one attached hydrogen (secondary N) is 1. The molecule has 1 saturated carbocycles. The average Bonchev–Trinajstić information content (AvgIpc) is 3.66. The van der Waals surface area contributed by atoms with E-state index in [-0.39, 0.29) is 25.6 Å². The summed E-state index contributed by atoms with van der Waals surface area (Å²) in [5.41, 5.74) is 2.12. The van der Waals surface area contributed by atoms with Gasteiger partial charge in [-0.25, -0.2) is 0 Å². The molecule has 0 saturated heterocycles. The summed E-state index contributed by atoms with van der Waals surface area (Å²) in [6.07, 6.45) is 6.09. The summed E-state index contributed by atoms with van der Waals surface area (Å²) in [5.74, 6) is -0.0130. The van der Waals surface area contributed by atoms with Crippen molar-refractivity contribution in [1.82, 2.24) is 10.2 Å². The first-order chi connectivity index (χ1) is 19.9. The first kappa shape index (κ1) is 28.8. The van der Waals surface area contributed by atoms with Crippen LogP contribution in [0.5, 0.6) is 11.5 Å². The van der Waals surface area contributed by atoms with Crippen molar-refractivity contribution >= 4 is 18.1 Å². The molecule has 2 aromatic rings. The van der Waals surface area contributed by atoms with Gasteiger partial charge in [0.15, 0.2) is 11.5 Å². The fraction of sp³-hybridized carbons (Fsp3) is 0.469. The number of amides is 2. The zero-order valence-electron chi connectivity index (χ0n) is 23.3. The van der Waals surface area contributed by atoms with Crippen molar-refractivity contribution in [3.8, 4) is 11.5 Å². The van der Waals surface area contributed by atoms with Crippen LogP contribution in [0.25, 0.3) is 0 Å². The summed E-state index contributed by atoms with van der Waals surface area (Å²) in [6.45, 7) is 0.0620. The number of hydrogen-bond donors (Lipinski definition) is 3. The maximum Gasteiger partial charge on any atom is 0.247 e. The number of fused-ring (bicyclic) bond motifs is 3. The predicted octanol–water partition coefficient (Wildman–Crippen LogP) is 3.13. The number of ether oxygens (including phenoxy) is 2. The highest BCUT2D eigenvalue weighted by Crippen LogP contribution is 2.51. The van der Waals surface area contributed by atoms with Crippen molar-refractivity contribution in [2.45, 2.75) is 69.2 Å². The number of methoxy groups -OCH3 is 1. The lowest BCUT2D eigenvalue weighted by atomic mass is 9.77. The number of aliphatic hydroxyl groups is 2. The van der Waals surface area contributed by atoms with E-state index in [9.17, 15) is 24.6 Å². The molecule has 0 aromatic heterocycles. The third-order valence-corrected chi connectivity index (χ3v) is 8.53. The Balaban J connectivity index is 1.54. The van der Waals surface area contributed by atoms with E-state index < -0.39 is 30.1 Å². The summed E-state index contributed by atoms with van der Waals surface area (Å²) in [4.78, 5) is 40.7. The van der Waals surface area contributed by atoms with Crippen molar-refractivity contribution in [3.63, 3.8) is 0 Å². The number of nitrogens with zero attached hydrogens (tertiary/aromatic N) is 1. The van der Waals surface area contributed by atoms with Gasteiger partial charge >= 0.3 is 0 Å². The van der Waals surface area contributed by atoms with Gasteiger partial charge in [0.1, 0.15) is 18.5 Å². The Hall–Kier alpha value is -3.69. The van der Waals surface area contributed by atoms with Crippen LogP contribution in [-0.2, 0) is 16.1 Å². The van der Waals surface area contributed by atoms with Gasteiger partial charge in [0.2, 0.25) is 11.8 Å². The molecule has 41 heavy (non-hydrogen) atoms. The van der Waals surface area contributed by atoms with Gasteiger partial charge in [-0.3, -0.25) is 14.4 Å². The normalized spacial score (nSPS) is 23.1. The van der Waals surface area contributed by atoms with E-state index in [4.69, 9.17) is 9.47 Å². The minimum Gasteiger partial charge on any atom is -0.493 e. The van der Waals surface area contributed by atoms with E-state index in [2.05, 4.69) is 5.32 Å². The zero-order chi connectivity index (χ0) is 28.9. The van der Waals surface area contributed by atoms with Crippen molar-refractivity contribution in [3.05, 3.63) is 70.8 Å². The molecular weight excluding hydrogens is 524 g/mol. The Bertz CT molecular complexity index is 1290. The zero-order valence-corrected chi connectivity index (χ0v) is 23.3.